The minimum absolute atomic E-state index is 1.10. The van der Waals surface area contributed by atoms with E-state index in [1.165, 1.54) is 54.6 Å². The summed E-state index contributed by atoms with van der Waals surface area (Å²) in [6.45, 7) is 0. The van der Waals surface area contributed by atoms with Crippen molar-refractivity contribution in [3.05, 3.63) is 194 Å². The van der Waals surface area contributed by atoms with Gasteiger partial charge < -0.3 is 18.6 Å². The molecule has 0 aliphatic rings. The standard InChI is InChI=1S/C48H32N4/c1-5-16-33(17-6-1)49(34-18-7-2-8-19-34)37-28-29-40-45(32-37)52-43-27-15-25-39-38-24-13-14-26-41(38)51(47(39)43)44-31-30-42(46(40)48(44)52)50(35-20-9-3-10-21-35)36-22-11-4-12-23-36/h1-32H. The number of para-hydroxylation sites is 6. The summed E-state index contributed by atoms with van der Waals surface area (Å²) in [6.07, 6.45) is 0. The number of fused-ring (bicyclic) bond motifs is 8. The fourth-order valence-corrected chi connectivity index (χ4v) is 8.47. The minimum Gasteiger partial charge on any atom is -0.310 e. The normalized spacial score (nSPS) is 11.8. The number of rotatable bonds is 6. The van der Waals surface area contributed by atoms with Crippen LogP contribution < -0.4 is 9.80 Å². The Bertz CT molecular complexity index is 2980. The van der Waals surface area contributed by atoms with E-state index in [1.54, 1.807) is 0 Å². The van der Waals surface area contributed by atoms with Crippen LogP contribution in [0.4, 0.5) is 34.1 Å². The lowest BCUT2D eigenvalue weighted by Gasteiger charge is -2.27. The van der Waals surface area contributed by atoms with Gasteiger partial charge in [-0.05, 0) is 84.9 Å². The van der Waals surface area contributed by atoms with E-state index in [9.17, 15) is 0 Å². The zero-order chi connectivity index (χ0) is 34.2. The van der Waals surface area contributed by atoms with Crippen LogP contribution in [0.15, 0.2) is 194 Å². The SMILES string of the molecule is c1ccc(N(c2ccccc2)c2ccc3c4c(N(c5ccccc5)c5ccccc5)ccc5c4n(c3c2)c2cccc3c4ccccc4n5c32)cc1. The minimum atomic E-state index is 1.10. The van der Waals surface area contributed by atoms with Crippen molar-refractivity contribution in [2.24, 2.45) is 0 Å². The molecule has 0 fully saturated rings. The Kier molecular flexibility index (Phi) is 6.22. The molecule has 4 nitrogen and oxygen atoms in total. The number of anilines is 6. The van der Waals surface area contributed by atoms with Crippen LogP contribution in [-0.2, 0) is 0 Å². The van der Waals surface area contributed by atoms with Crippen LogP contribution in [0.25, 0.3) is 54.6 Å². The van der Waals surface area contributed by atoms with Crippen LogP contribution in [0, 0.1) is 0 Å². The van der Waals surface area contributed by atoms with Crippen molar-refractivity contribution in [3.63, 3.8) is 0 Å². The molecular weight excluding hydrogens is 633 g/mol. The van der Waals surface area contributed by atoms with Gasteiger partial charge in [0.05, 0.1) is 38.8 Å². The molecule has 3 heterocycles. The third-order valence-corrected chi connectivity index (χ3v) is 10.6. The van der Waals surface area contributed by atoms with E-state index in [4.69, 9.17) is 0 Å². The lowest BCUT2D eigenvalue weighted by atomic mass is 10.1. The summed E-state index contributed by atoms with van der Waals surface area (Å²) >= 11 is 0. The molecule has 11 rings (SSSR count). The van der Waals surface area contributed by atoms with E-state index in [-0.39, 0.29) is 0 Å². The van der Waals surface area contributed by atoms with Gasteiger partial charge in [-0.25, -0.2) is 0 Å². The summed E-state index contributed by atoms with van der Waals surface area (Å²) in [7, 11) is 0. The highest BCUT2D eigenvalue weighted by Gasteiger charge is 2.26. The van der Waals surface area contributed by atoms with Crippen molar-refractivity contribution in [2.45, 2.75) is 0 Å². The smallest absolute Gasteiger partial charge is 0.0804 e. The van der Waals surface area contributed by atoms with Crippen LogP contribution in [0.1, 0.15) is 0 Å². The van der Waals surface area contributed by atoms with E-state index in [0.29, 0.717) is 0 Å². The van der Waals surface area contributed by atoms with E-state index in [1.807, 2.05) is 0 Å². The maximum atomic E-state index is 2.52. The quantitative estimate of drug-likeness (QED) is 0.164. The van der Waals surface area contributed by atoms with Gasteiger partial charge in [-0.3, -0.25) is 0 Å². The Hall–Kier alpha value is -7.04. The summed E-state index contributed by atoms with van der Waals surface area (Å²) in [5, 5.41) is 4.96. The van der Waals surface area contributed by atoms with Crippen LogP contribution in [0.3, 0.4) is 0 Å². The van der Waals surface area contributed by atoms with Crippen molar-refractivity contribution in [1.82, 2.24) is 8.80 Å². The van der Waals surface area contributed by atoms with Crippen molar-refractivity contribution in [1.29, 1.82) is 0 Å². The van der Waals surface area contributed by atoms with Crippen molar-refractivity contribution in [2.75, 3.05) is 9.80 Å². The zero-order valence-electron chi connectivity index (χ0n) is 28.3. The van der Waals surface area contributed by atoms with E-state index >= 15 is 0 Å². The second-order valence-electron chi connectivity index (χ2n) is 13.4. The lowest BCUT2D eigenvalue weighted by Crippen LogP contribution is -2.10. The van der Waals surface area contributed by atoms with Gasteiger partial charge in [0.25, 0.3) is 0 Å². The van der Waals surface area contributed by atoms with Crippen molar-refractivity contribution < 1.29 is 0 Å². The molecule has 8 aromatic carbocycles. The Labute approximate surface area is 300 Å². The average molecular weight is 665 g/mol. The first kappa shape index (κ1) is 28.8. The van der Waals surface area contributed by atoms with Gasteiger partial charge in [0.1, 0.15) is 0 Å². The third-order valence-electron chi connectivity index (χ3n) is 10.6. The summed E-state index contributed by atoms with van der Waals surface area (Å²) in [4.78, 5) is 4.76. The second-order valence-corrected chi connectivity index (χ2v) is 13.4. The van der Waals surface area contributed by atoms with Crippen molar-refractivity contribution >= 4 is 88.8 Å². The Morgan fingerprint density at radius 2 is 0.788 bits per heavy atom. The van der Waals surface area contributed by atoms with Crippen LogP contribution in [0.5, 0.6) is 0 Å². The highest BCUT2D eigenvalue weighted by molar-refractivity contribution is 6.25. The number of nitrogens with zero attached hydrogens (tertiary/aromatic N) is 4. The fourth-order valence-electron chi connectivity index (χ4n) is 8.47. The predicted octanol–water partition coefficient (Wildman–Crippen LogP) is 13.2. The molecule has 0 spiro atoms. The van der Waals surface area contributed by atoms with Gasteiger partial charge in [-0.15, -0.1) is 0 Å². The van der Waals surface area contributed by atoms with Gasteiger partial charge in [0, 0.05) is 50.0 Å². The largest absolute Gasteiger partial charge is 0.310 e. The molecule has 0 N–H and O–H groups in total. The summed E-state index contributed by atoms with van der Waals surface area (Å²) in [5.41, 5.74) is 13.9. The summed E-state index contributed by atoms with van der Waals surface area (Å²) in [6, 6.07) is 70.0. The van der Waals surface area contributed by atoms with Gasteiger partial charge in [-0.1, -0.05) is 109 Å². The molecule has 4 heteroatoms. The number of benzene rings is 8. The maximum Gasteiger partial charge on any atom is 0.0804 e. The third kappa shape index (κ3) is 4.09. The lowest BCUT2D eigenvalue weighted by molar-refractivity contribution is 1.24. The Balaban J connectivity index is 1.32. The highest BCUT2D eigenvalue weighted by atomic mass is 15.2. The first-order chi connectivity index (χ1) is 25.8. The highest BCUT2D eigenvalue weighted by Crippen LogP contribution is 2.48. The van der Waals surface area contributed by atoms with Crippen LogP contribution in [0.2, 0.25) is 0 Å². The molecule has 0 amide bonds. The van der Waals surface area contributed by atoms with E-state index in [0.717, 1.165) is 34.1 Å². The molecule has 0 saturated heterocycles. The molecular formula is C48H32N4. The monoisotopic (exact) mass is 664 g/mol. The number of aromatic nitrogens is 2. The first-order valence-corrected chi connectivity index (χ1v) is 17.8. The van der Waals surface area contributed by atoms with Crippen molar-refractivity contribution in [3.8, 4) is 0 Å². The summed E-state index contributed by atoms with van der Waals surface area (Å²) in [5.74, 6) is 0. The maximum absolute atomic E-state index is 2.52. The topological polar surface area (TPSA) is 15.3 Å². The van der Waals surface area contributed by atoms with Gasteiger partial charge in [0.15, 0.2) is 0 Å². The molecule has 11 aromatic rings. The van der Waals surface area contributed by atoms with Crippen LogP contribution >= 0.6 is 0 Å². The number of hydrogen-bond acceptors (Lipinski definition) is 2. The molecule has 0 radical (unpaired) electrons. The average Bonchev–Trinajstić information content (AvgIpc) is 3.74. The molecule has 0 unspecified atom stereocenters. The van der Waals surface area contributed by atoms with Gasteiger partial charge in [0.2, 0.25) is 0 Å². The molecule has 0 aliphatic carbocycles. The van der Waals surface area contributed by atoms with E-state index < -0.39 is 0 Å². The second kappa shape index (κ2) is 11.2. The predicted molar refractivity (Wildman–Crippen MR) is 219 cm³/mol. The molecule has 0 saturated carbocycles. The molecule has 0 atom stereocenters. The van der Waals surface area contributed by atoms with Crippen LogP contribution in [-0.4, -0.2) is 8.80 Å². The Morgan fingerprint density at radius 1 is 0.288 bits per heavy atom. The summed E-state index contributed by atoms with van der Waals surface area (Å²) < 4.78 is 5.01. The Morgan fingerprint density at radius 3 is 1.42 bits per heavy atom. The molecule has 244 valence electrons. The zero-order valence-corrected chi connectivity index (χ0v) is 28.3. The molecule has 0 bridgehead atoms. The van der Waals surface area contributed by atoms with Gasteiger partial charge in [-0.2, -0.15) is 0 Å². The number of hydrogen-bond donors (Lipinski definition) is 0. The van der Waals surface area contributed by atoms with E-state index in [2.05, 4.69) is 213 Å². The fraction of sp³-hybridized carbons (Fsp3) is 0. The molecule has 3 aromatic heterocycles. The molecule has 52 heavy (non-hydrogen) atoms. The molecule has 0 aliphatic heterocycles. The van der Waals surface area contributed by atoms with Gasteiger partial charge >= 0.3 is 0 Å². The first-order valence-electron chi connectivity index (χ1n) is 17.8.